The highest BCUT2D eigenvalue weighted by atomic mass is 16.6. The largest absolute Gasteiger partial charge is 0.462 e. The van der Waals surface area contributed by atoms with E-state index in [9.17, 15) is 14.4 Å². The summed E-state index contributed by atoms with van der Waals surface area (Å²) in [6.07, 6.45) is 66.7. The first kappa shape index (κ1) is 63.4. The van der Waals surface area contributed by atoms with E-state index in [0.717, 1.165) is 83.5 Å². The Morgan fingerprint density at radius 3 is 0.970 bits per heavy atom. The van der Waals surface area contributed by atoms with E-state index in [2.05, 4.69) is 69.4 Å². The smallest absolute Gasteiger partial charge is 0.306 e. The maximum Gasteiger partial charge on any atom is 0.306 e. The Hall–Kier alpha value is -2.63. The summed E-state index contributed by atoms with van der Waals surface area (Å²) in [5, 5.41) is 0. The highest BCUT2D eigenvalue weighted by Crippen LogP contribution is 2.17. The molecule has 1 atom stereocenters. The molecule has 0 aromatic carbocycles. The zero-order valence-electron chi connectivity index (χ0n) is 44.0. The van der Waals surface area contributed by atoms with Gasteiger partial charge >= 0.3 is 17.9 Å². The monoisotopic (exact) mass is 925 g/mol. The maximum absolute atomic E-state index is 12.8. The lowest BCUT2D eigenvalue weighted by Crippen LogP contribution is -2.30. The fourth-order valence-corrected chi connectivity index (χ4v) is 8.32. The van der Waals surface area contributed by atoms with E-state index in [-0.39, 0.29) is 31.1 Å². The second kappa shape index (κ2) is 55.0. The van der Waals surface area contributed by atoms with Gasteiger partial charge in [-0.05, 0) is 64.2 Å². The lowest BCUT2D eigenvalue weighted by atomic mass is 10.0. The van der Waals surface area contributed by atoms with Gasteiger partial charge in [0.25, 0.3) is 0 Å². The third kappa shape index (κ3) is 52.3. The van der Waals surface area contributed by atoms with E-state index < -0.39 is 6.10 Å². The van der Waals surface area contributed by atoms with Crippen LogP contribution < -0.4 is 0 Å². The third-order valence-electron chi connectivity index (χ3n) is 12.6. The van der Waals surface area contributed by atoms with E-state index in [0.29, 0.717) is 19.3 Å². The van der Waals surface area contributed by atoms with Crippen LogP contribution in [0.4, 0.5) is 0 Å². The molecule has 1 unspecified atom stereocenters. The van der Waals surface area contributed by atoms with Crippen LogP contribution in [-0.4, -0.2) is 37.2 Å². The van der Waals surface area contributed by atoms with Crippen LogP contribution >= 0.6 is 0 Å². The molecule has 0 N–H and O–H groups in total. The summed E-state index contributed by atoms with van der Waals surface area (Å²) in [7, 11) is 0. The molecular weight excluding hydrogens is 817 g/mol. The average molecular weight is 926 g/mol. The number of allylic oxidation sites excluding steroid dienone is 8. The lowest BCUT2D eigenvalue weighted by molar-refractivity contribution is -0.167. The first-order valence-corrected chi connectivity index (χ1v) is 28.7. The molecular formula is C60H108O6. The second-order valence-corrected chi connectivity index (χ2v) is 19.2. The van der Waals surface area contributed by atoms with Gasteiger partial charge in [0, 0.05) is 19.3 Å². The predicted molar refractivity (Wildman–Crippen MR) is 284 cm³/mol. The van der Waals surface area contributed by atoms with Crippen molar-refractivity contribution in [2.24, 2.45) is 0 Å². The molecule has 0 amide bonds. The van der Waals surface area contributed by atoms with E-state index >= 15 is 0 Å². The molecule has 66 heavy (non-hydrogen) atoms. The van der Waals surface area contributed by atoms with Crippen LogP contribution in [0.2, 0.25) is 0 Å². The maximum atomic E-state index is 12.8. The molecule has 0 aromatic heterocycles. The van der Waals surface area contributed by atoms with Gasteiger partial charge in [0.2, 0.25) is 0 Å². The van der Waals surface area contributed by atoms with Crippen LogP contribution in [0.25, 0.3) is 0 Å². The van der Waals surface area contributed by atoms with Gasteiger partial charge in [-0.25, -0.2) is 0 Å². The zero-order chi connectivity index (χ0) is 47.9. The van der Waals surface area contributed by atoms with Gasteiger partial charge in [0.15, 0.2) is 6.10 Å². The van der Waals surface area contributed by atoms with Crippen molar-refractivity contribution in [2.75, 3.05) is 13.2 Å². The van der Waals surface area contributed by atoms with Gasteiger partial charge in [0.1, 0.15) is 13.2 Å². The molecule has 0 fully saturated rings. The van der Waals surface area contributed by atoms with Crippen molar-refractivity contribution in [3.8, 4) is 0 Å². The summed E-state index contributed by atoms with van der Waals surface area (Å²) in [6.45, 7) is 6.52. The molecule has 384 valence electrons. The van der Waals surface area contributed by atoms with Crippen molar-refractivity contribution in [3.63, 3.8) is 0 Å². The molecule has 0 spiro atoms. The van der Waals surface area contributed by atoms with Crippen LogP contribution in [0.15, 0.2) is 48.6 Å². The first-order valence-electron chi connectivity index (χ1n) is 28.7. The van der Waals surface area contributed by atoms with E-state index in [1.54, 1.807) is 0 Å². The summed E-state index contributed by atoms with van der Waals surface area (Å²) in [5.74, 6) is -0.894. The Morgan fingerprint density at radius 1 is 0.318 bits per heavy atom. The number of ether oxygens (including phenoxy) is 3. The van der Waals surface area contributed by atoms with Crippen LogP contribution in [0.1, 0.15) is 297 Å². The van der Waals surface area contributed by atoms with E-state index in [1.165, 1.54) is 173 Å². The Labute approximate surface area is 409 Å². The van der Waals surface area contributed by atoms with Gasteiger partial charge in [-0.15, -0.1) is 0 Å². The van der Waals surface area contributed by atoms with Crippen molar-refractivity contribution in [1.82, 2.24) is 0 Å². The molecule has 0 rings (SSSR count). The number of hydrogen-bond acceptors (Lipinski definition) is 6. The van der Waals surface area contributed by atoms with Gasteiger partial charge in [-0.1, -0.05) is 262 Å². The van der Waals surface area contributed by atoms with Crippen LogP contribution in [0.5, 0.6) is 0 Å². The molecule has 6 nitrogen and oxygen atoms in total. The standard InChI is InChI=1S/C60H108O6/c1-4-7-10-13-16-19-22-25-28-29-30-31-33-35-38-41-44-47-50-53-59(62)65-56-57(55-64-58(61)52-49-46-43-40-37-34-27-24-21-18-15-12-9-6-3)66-60(63)54-51-48-45-42-39-36-32-26-23-20-17-14-11-8-5-2/h8,11,14,17,20,23,34,37,57H,4-7,9-10,12-13,15-16,18-19,21-22,24-33,35-36,38-56H2,1-3H3/b11-8-,17-14-,23-20-,37-34-. The first-order chi connectivity index (χ1) is 32.5. The average Bonchev–Trinajstić information content (AvgIpc) is 3.31. The normalized spacial score (nSPS) is 12.3. The number of carbonyl (C=O) groups is 3. The van der Waals surface area contributed by atoms with Gasteiger partial charge in [-0.2, -0.15) is 0 Å². The van der Waals surface area contributed by atoms with Crippen molar-refractivity contribution >= 4 is 17.9 Å². The molecule has 0 aliphatic carbocycles. The Kier molecular flexibility index (Phi) is 52.8. The molecule has 0 aromatic rings. The number of esters is 3. The lowest BCUT2D eigenvalue weighted by Gasteiger charge is -2.18. The fourth-order valence-electron chi connectivity index (χ4n) is 8.32. The van der Waals surface area contributed by atoms with Crippen LogP contribution in [0, 0.1) is 0 Å². The SMILES string of the molecule is CC\C=C/C=C\C=C/CCCCCCCCCC(=O)OC(COC(=O)CCCCC/C=C\CCCCCCCCC)COC(=O)CCCCCCCCCCCCCCCCCCCCC. The Bertz CT molecular complexity index is 1150. The van der Waals surface area contributed by atoms with Gasteiger partial charge in [-0.3, -0.25) is 14.4 Å². The summed E-state index contributed by atoms with van der Waals surface area (Å²) < 4.78 is 16.8. The van der Waals surface area contributed by atoms with E-state index in [1.807, 2.05) is 0 Å². The minimum absolute atomic E-state index is 0.0798. The molecule has 0 aliphatic rings. The van der Waals surface area contributed by atoms with Crippen molar-refractivity contribution in [1.29, 1.82) is 0 Å². The number of rotatable bonds is 52. The minimum atomic E-state index is -0.783. The molecule has 0 radical (unpaired) electrons. The Balaban J connectivity index is 4.35. The van der Waals surface area contributed by atoms with Crippen LogP contribution in [-0.2, 0) is 28.6 Å². The number of unbranched alkanes of at least 4 members (excludes halogenated alkanes) is 35. The molecule has 0 aliphatic heterocycles. The quantitative estimate of drug-likeness (QED) is 0.0199. The number of carbonyl (C=O) groups excluding carboxylic acids is 3. The summed E-state index contributed by atoms with van der Waals surface area (Å²) in [4.78, 5) is 38.1. The molecule has 6 heteroatoms. The molecule has 0 bridgehead atoms. The van der Waals surface area contributed by atoms with Gasteiger partial charge in [0.05, 0.1) is 0 Å². The number of hydrogen-bond donors (Lipinski definition) is 0. The molecule has 0 saturated heterocycles. The van der Waals surface area contributed by atoms with Gasteiger partial charge < -0.3 is 14.2 Å². The summed E-state index contributed by atoms with van der Waals surface area (Å²) in [6, 6.07) is 0. The highest BCUT2D eigenvalue weighted by molar-refractivity contribution is 5.71. The Morgan fingerprint density at radius 2 is 0.606 bits per heavy atom. The molecule has 0 heterocycles. The summed E-state index contributed by atoms with van der Waals surface area (Å²) in [5.41, 5.74) is 0. The fraction of sp³-hybridized carbons (Fsp3) is 0.817. The minimum Gasteiger partial charge on any atom is -0.462 e. The van der Waals surface area contributed by atoms with Crippen molar-refractivity contribution < 1.29 is 28.6 Å². The van der Waals surface area contributed by atoms with Crippen molar-refractivity contribution in [3.05, 3.63) is 48.6 Å². The molecule has 0 saturated carbocycles. The van der Waals surface area contributed by atoms with Crippen LogP contribution in [0.3, 0.4) is 0 Å². The third-order valence-corrected chi connectivity index (χ3v) is 12.6. The summed E-state index contributed by atoms with van der Waals surface area (Å²) >= 11 is 0. The van der Waals surface area contributed by atoms with E-state index in [4.69, 9.17) is 14.2 Å². The zero-order valence-corrected chi connectivity index (χ0v) is 44.0. The highest BCUT2D eigenvalue weighted by Gasteiger charge is 2.19. The predicted octanol–water partition coefficient (Wildman–Crippen LogP) is 19.0. The second-order valence-electron chi connectivity index (χ2n) is 19.2. The van der Waals surface area contributed by atoms with Crippen molar-refractivity contribution in [2.45, 2.75) is 303 Å². The topological polar surface area (TPSA) is 78.9 Å².